The topological polar surface area (TPSA) is 55.4 Å². The molecule has 0 radical (unpaired) electrons. The molecule has 2 aliphatic heterocycles. The predicted molar refractivity (Wildman–Crippen MR) is 58.7 cm³/mol. The van der Waals surface area contributed by atoms with Crippen molar-refractivity contribution in [2.45, 2.75) is 37.8 Å². The maximum absolute atomic E-state index is 11.4. The van der Waals surface area contributed by atoms with E-state index in [2.05, 4.69) is 5.32 Å². The summed E-state index contributed by atoms with van der Waals surface area (Å²) >= 11 is 0. The van der Waals surface area contributed by atoms with Crippen LogP contribution in [0.3, 0.4) is 0 Å². The molecular formula is C10H19NO3S. The number of ether oxygens (including phenoxy) is 1. The van der Waals surface area contributed by atoms with Crippen molar-refractivity contribution in [3.8, 4) is 0 Å². The molecule has 2 heterocycles. The van der Waals surface area contributed by atoms with Crippen molar-refractivity contribution in [1.29, 1.82) is 0 Å². The lowest BCUT2D eigenvalue weighted by Gasteiger charge is -2.30. The van der Waals surface area contributed by atoms with Gasteiger partial charge in [0.2, 0.25) is 0 Å². The first-order valence-electron chi connectivity index (χ1n) is 5.70. The van der Waals surface area contributed by atoms with E-state index in [0.29, 0.717) is 17.5 Å². The summed E-state index contributed by atoms with van der Waals surface area (Å²) in [6, 6.07) is 0.507. The van der Waals surface area contributed by atoms with Gasteiger partial charge in [0, 0.05) is 18.7 Å². The minimum absolute atomic E-state index is 0.149. The smallest absolute Gasteiger partial charge is 0.151 e. The molecule has 2 atom stereocenters. The molecule has 0 aromatic carbocycles. The Morgan fingerprint density at radius 2 is 1.93 bits per heavy atom. The highest BCUT2D eigenvalue weighted by Crippen LogP contribution is 2.14. The second-order valence-electron chi connectivity index (χ2n) is 4.53. The van der Waals surface area contributed by atoms with Gasteiger partial charge in [0.25, 0.3) is 0 Å². The van der Waals surface area contributed by atoms with Crippen LogP contribution in [0.5, 0.6) is 0 Å². The lowest BCUT2D eigenvalue weighted by Crippen LogP contribution is -2.48. The molecule has 2 saturated heterocycles. The zero-order chi connectivity index (χ0) is 10.7. The van der Waals surface area contributed by atoms with Crippen molar-refractivity contribution in [1.82, 2.24) is 5.32 Å². The van der Waals surface area contributed by atoms with Gasteiger partial charge in [-0.05, 0) is 25.7 Å². The van der Waals surface area contributed by atoms with Crippen molar-refractivity contribution in [2.24, 2.45) is 0 Å². The molecule has 2 aliphatic rings. The third-order valence-corrected chi connectivity index (χ3v) is 4.92. The summed E-state index contributed by atoms with van der Waals surface area (Å²) < 4.78 is 28.2. The van der Waals surface area contributed by atoms with Crippen molar-refractivity contribution in [2.75, 3.05) is 24.7 Å². The highest BCUT2D eigenvalue weighted by molar-refractivity contribution is 7.91. The lowest BCUT2D eigenvalue weighted by atomic mass is 10.1. The monoisotopic (exact) mass is 233 g/mol. The van der Waals surface area contributed by atoms with E-state index in [1.807, 2.05) is 0 Å². The largest absolute Gasteiger partial charge is 0.380 e. The van der Waals surface area contributed by atoms with Gasteiger partial charge < -0.3 is 10.1 Å². The van der Waals surface area contributed by atoms with Crippen LogP contribution in [-0.4, -0.2) is 45.2 Å². The van der Waals surface area contributed by atoms with Gasteiger partial charge in [0.1, 0.15) is 0 Å². The van der Waals surface area contributed by atoms with E-state index in [0.717, 1.165) is 38.9 Å². The molecule has 2 rings (SSSR count). The van der Waals surface area contributed by atoms with Gasteiger partial charge >= 0.3 is 0 Å². The summed E-state index contributed by atoms with van der Waals surface area (Å²) in [4.78, 5) is 0. The Kier molecular flexibility index (Phi) is 3.64. The van der Waals surface area contributed by atoms with Gasteiger partial charge in [0.05, 0.1) is 18.1 Å². The molecule has 0 aromatic heterocycles. The third-order valence-electron chi connectivity index (χ3n) is 3.09. The van der Waals surface area contributed by atoms with Crippen LogP contribution in [0.15, 0.2) is 0 Å². The van der Waals surface area contributed by atoms with Gasteiger partial charge in [-0.1, -0.05) is 0 Å². The van der Waals surface area contributed by atoms with Crippen LogP contribution in [-0.2, 0) is 14.6 Å². The van der Waals surface area contributed by atoms with Crippen molar-refractivity contribution >= 4 is 9.84 Å². The molecule has 1 unspecified atom stereocenters. The summed E-state index contributed by atoms with van der Waals surface area (Å²) in [6.07, 6.45) is 3.97. The van der Waals surface area contributed by atoms with E-state index >= 15 is 0 Å². The molecule has 1 N–H and O–H groups in total. The second-order valence-corrected chi connectivity index (χ2v) is 6.76. The summed E-state index contributed by atoms with van der Waals surface area (Å²) in [7, 11) is -2.79. The normalized spacial score (nSPS) is 36.3. The molecule has 4 nitrogen and oxygen atoms in total. The zero-order valence-corrected chi connectivity index (χ0v) is 9.76. The Hall–Kier alpha value is -0.130. The van der Waals surface area contributed by atoms with Crippen LogP contribution in [0.1, 0.15) is 25.7 Å². The number of sulfone groups is 1. The van der Waals surface area contributed by atoms with Crippen LogP contribution in [0.2, 0.25) is 0 Å². The average Bonchev–Trinajstić information content (AvgIpc) is 2.17. The van der Waals surface area contributed by atoms with E-state index in [4.69, 9.17) is 4.74 Å². The molecule has 0 bridgehead atoms. The first kappa shape index (κ1) is 11.4. The van der Waals surface area contributed by atoms with Crippen molar-refractivity contribution in [3.63, 3.8) is 0 Å². The molecule has 2 fully saturated rings. The van der Waals surface area contributed by atoms with E-state index < -0.39 is 9.84 Å². The molecular weight excluding hydrogens is 214 g/mol. The first-order valence-corrected chi connectivity index (χ1v) is 7.52. The highest BCUT2D eigenvalue weighted by atomic mass is 32.2. The Morgan fingerprint density at radius 1 is 1.13 bits per heavy atom. The Balaban J connectivity index is 1.83. The van der Waals surface area contributed by atoms with Gasteiger partial charge in [-0.2, -0.15) is 0 Å². The SMILES string of the molecule is O=S1(=O)CCCC(N[C@@H]2CCCOC2)C1. The minimum atomic E-state index is -2.79. The van der Waals surface area contributed by atoms with Crippen molar-refractivity contribution in [3.05, 3.63) is 0 Å². The average molecular weight is 233 g/mol. The Bertz CT molecular complexity index is 296. The fourth-order valence-corrected chi connectivity index (χ4v) is 4.01. The quantitative estimate of drug-likeness (QED) is 0.747. The molecule has 0 aliphatic carbocycles. The van der Waals surface area contributed by atoms with Gasteiger partial charge in [-0.3, -0.25) is 0 Å². The Labute approximate surface area is 91.3 Å². The summed E-state index contributed by atoms with van der Waals surface area (Å²) in [5, 5.41) is 3.41. The second kappa shape index (κ2) is 4.80. The van der Waals surface area contributed by atoms with Crippen LogP contribution in [0.4, 0.5) is 0 Å². The van der Waals surface area contributed by atoms with Crippen LogP contribution < -0.4 is 5.32 Å². The maximum Gasteiger partial charge on any atom is 0.151 e. The van der Waals surface area contributed by atoms with Crippen molar-refractivity contribution < 1.29 is 13.2 Å². The molecule has 88 valence electrons. The highest BCUT2D eigenvalue weighted by Gasteiger charge is 2.26. The number of hydrogen-bond acceptors (Lipinski definition) is 4. The van der Waals surface area contributed by atoms with Crippen LogP contribution in [0, 0.1) is 0 Å². The summed E-state index contributed by atoms with van der Waals surface area (Å²) in [5.41, 5.74) is 0. The zero-order valence-electron chi connectivity index (χ0n) is 8.94. The molecule has 0 spiro atoms. The number of rotatable bonds is 2. The van der Waals surface area contributed by atoms with Gasteiger partial charge in [0.15, 0.2) is 9.84 Å². The Morgan fingerprint density at radius 3 is 2.60 bits per heavy atom. The first-order chi connectivity index (χ1) is 7.16. The maximum atomic E-state index is 11.4. The predicted octanol–water partition coefficient (Wildman–Crippen LogP) is 0.332. The van der Waals surface area contributed by atoms with E-state index in [-0.39, 0.29) is 6.04 Å². The minimum Gasteiger partial charge on any atom is -0.380 e. The van der Waals surface area contributed by atoms with Gasteiger partial charge in [-0.15, -0.1) is 0 Å². The fourth-order valence-electron chi connectivity index (χ4n) is 2.36. The summed E-state index contributed by atoms with van der Waals surface area (Å²) in [5.74, 6) is 0.676. The molecule has 15 heavy (non-hydrogen) atoms. The standard InChI is InChI=1S/C10H19NO3S/c12-15(13)6-2-4-10(8-15)11-9-3-1-5-14-7-9/h9-11H,1-8H2/t9-,10?/m1/s1. The van der Waals surface area contributed by atoms with Gasteiger partial charge in [-0.25, -0.2) is 8.42 Å². The molecule has 0 amide bonds. The van der Waals surface area contributed by atoms with E-state index in [1.165, 1.54) is 0 Å². The molecule has 0 saturated carbocycles. The fraction of sp³-hybridized carbons (Fsp3) is 1.00. The molecule has 5 heteroatoms. The van der Waals surface area contributed by atoms with E-state index in [9.17, 15) is 8.42 Å². The summed E-state index contributed by atoms with van der Waals surface area (Å²) in [6.45, 7) is 1.58. The number of nitrogens with one attached hydrogen (secondary N) is 1. The lowest BCUT2D eigenvalue weighted by molar-refractivity contribution is 0.0667. The van der Waals surface area contributed by atoms with Crippen LogP contribution >= 0.6 is 0 Å². The van der Waals surface area contributed by atoms with Crippen LogP contribution in [0.25, 0.3) is 0 Å². The van der Waals surface area contributed by atoms with E-state index in [1.54, 1.807) is 0 Å². The third kappa shape index (κ3) is 3.43. The number of hydrogen-bond donors (Lipinski definition) is 1. The molecule has 0 aromatic rings.